The molecule has 0 saturated carbocycles. The molecule has 0 aromatic carbocycles. The maximum absolute atomic E-state index is 9.76. The first-order valence-corrected chi connectivity index (χ1v) is 5.59. The van der Waals surface area contributed by atoms with E-state index in [-0.39, 0.29) is 0 Å². The van der Waals surface area contributed by atoms with Gasteiger partial charge in [0.1, 0.15) is 10.3 Å². The van der Waals surface area contributed by atoms with E-state index in [2.05, 4.69) is 20.9 Å². The maximum atomic E-state index is 9.76. The minimum Gasteiger partial charge on any atom is -0.389 e. The Morgan fingerprint density at radius 1 is 1.40 bits per heavy atom. The third-order valence-corrected chi connectivity index (χ3v) is 2.58. The van der Waals surface area contributed by atoms with E-state index in [9.17, 15) is 5.11 Å². The smallest absolute Gasteiger partial charge is 0.141 e. The van der Waals surface area contributed by atoms with Gasteiger partial charge < -0.3 is 9.67 Å². The number of aliphatic hydroxyl groups is 1. The zero-order valence-corrected chi connectivity index (χ0v) is 10.3. The number of aromatic nitrogens is 2. The zero-order valence-electron chi connectivity index (χ0n) is 8.74. The molecule has 0 bridgehead atoms. The van der Waals surface area contributed by atoms with Crippen LogP contribution in [0.2, 0.25) is 0 Å². The monoisotopic (exact) mass is 268 g/mol. The van der Waals surface area contributed by atoms with Gasteiger partial charge in [-0.15, -0.1) is 0 Å². The Balaban J connectivity index is 2.48. The van der Waals surface area contributed by atoms with Crippen LogP contribution in [0.5, 0.6) is 0 Å². The van der Waals surface area contributed by atoms with Gasteiger partial charge in [0, 0.05) is 11.6 Å². The van der Waals surface area contributed by atoms with Crippen LogP contribution in [0.4, 0.5) is 0 Å². The van der Waals surface area contributed by atoms with Crippen molar-refractivity contribution in [1.29, 1.82) is 0 Å². The molecule has 2 rings (SSSR count). The van der Waals surface area contributed by atoms with Gasteiger partial charge in [-0.05, 0) is 48.0 Å². The molecular formula is C11H13BrN2O. The SMILES string of the molecule is CC(C)(O)Cn1ccc2ccc(Br)nc21. The highest BCUT2D eigenvalue weighted by Gasteiger charge is 2.15. The van der Waals surface area contributed by atoms with Crippen molar-refractivity contribution in [2.75, 3.05) is 0 Å². The van der Waals surface area contributed by atoms with E-state index in [0.717, 1.165) is 15.6 Å². The molecule has 2 aromatic rings. The molecule has 0 radical (unpaired) electrons. The van der Waals surface area contributed by atoms with Gasteiger partial charge in [0.15, 0.2) is 0 Å². The predicted octanol–water partition coefficient (Wildman–Crippen LogP) is 2.57. The van der Waals surface area contributed by atoms with Crippen LogP contribution in [0, 0.1) is 0 Å². The Labute approximate surface area is 96.9 Å². The molecule has 0 amide bonds. The fourth-order valence-corrected chi connectivity index (χ4v) is 1.88. The van der Waals surface area contributed by atoms with E-state index in [1.165, 1.54) is 0 Å². The summed E-state index contributed by atoms with van der Waals surface area (Å²) in [5, 5.41) is 10.8. The summed E-state index contributed by atoms with van der Waals surface area (Å²) in [6.45, 7) is 4.12. The molecule has 80 valence electrons. The topological polar surface area (TPSA) is 38.0 Å². The van der Waals surface area contributed by atoms with Crippen molar-refractivity contribution in [1.82, 2.24) is 9.55 Å². The summed E-state index contributed by atoms with van der Waals surface area (Å²) in [5.41, 5.74) is 0.169. The quantitative estimate of drug-likeness (QED) is 0.851. The molecule has 2 heterocycles. The molecule has 0 spiro atoms. The number of hydrogen-bond acceptors (Lipinski definition) is 2. The Morgan fingerprint density at radius 2 is 2.13 bits per heavy atom. The van der Waals surface area contributed by atoms with Crippen LogP contribution in [0.25, 0.3) is 11.0 Å². The van der Waals surface area contributed by atoms with Crippen LogP contribution in [-0.2, 0) is 6.54 Å². The van der Waals surface area contributed by atoms with Gasteiger partial charge in [-0.1, -0.05) is 0 Å². The highest BCUT2D eigenvalue weighted by Crippen LogP contribution is 2.19. The van der Waals surface area contributed by atoms with Crippen molar-refractivity contribution in [3.8, 4) is 0 Å². The highest BCUT2D eigenvalue weighted by atomic mass is 79.9. The van der Waals surface area contributed by atoms with Crippen LogP contribution in [0.1, 0.15) is 13.8 Å². The van der Waals surface area contributed by atoms with Crippen molar-refractivity contribution in [2.24, 2.45) is 0 Å². The molecule has 0 aliphatic heterocycles. The lowest BCUT2D eigenvalue weighted by Crippen LogP contribution is -2.25. The van der Waals surface area contributed by atoms with Gasteiger partial charge in [-0.25, -0.2) is 4.98 Å². The molecule has 4 heteroatoms. The Kier molecular flexibility index (Phi) is 2.56. The molecule has 2 aromatic heterocycles. The molecule has 3 nitrogen and oxygen atoms in total. The van der Waals surface area contributed by atoms with Crippen molar-refractivity contribution >= 4 is 27.0 Å². The van der Waals surface area contributed by atoms with Gasteiger partial charge in [-0.2, -0.15) is 0 Å². The molecule has 0 aliphatic carbocycles. The second kappa shape index (κ2) is 3.61. The molecule has 0 atom stereocenters. The molecule has 1 N–H and O–H groups in total. The minimum atomic E-state index is -0.726. The van der Waals surface area contributed by atoms with Crippen LogP contribution >= 0.6 is 15.9 Å². The average Bonchev–Trinajstić information content (AvgIpc) is 2.46. The van der Waals surface area contributed by atoms with E-state index in [1.54, 1.807) is 13.8 Å². The van der Waals surface area contributed by atoms with Crippen molar-refractivity contribution in [3.63, 3.8) is 0 Å². The van der Waals surface area contributed by atoms with Gasteiger partial charge in [0.05, 0.1) is 12.1 Å². The minimum absolute atomic E-state index is 0.542. The number of hydrogen-bond donors (Lipinski definition) is 1. The van der Waals surface area contributed by atoms with E-state index in [0.29, 0.717) is 6.54 Å². The summed E-state index contributed by atoms with van der Waals surface area (Å²) in [4.78, 5) is 4.39. The predicted molar refractivity (Wildman–Crippen MR) is 63.7 cm³/mol. The lowest BCUT2D eigenvalue weighted by molar-refractivity contribution is 0.0627. The van der Waals surface area contributed by atoms with Gasteiger partial charge in [0.2, 0.25) is 0 Å². The van der Waals surface area contributed by atoms with E-state index in [1.807, 2.05) is 29.0 Å². The van der Waals surface area contributed by atoms with E-state index < -0.39 is 5.60 Å². The van der Waals surface area contributed by atoms with E-state index in [4.69, 9.17) is 0 Å². The Morgan fingerprint density at radius 3 is 2.80 bits per heavy atom. The second-order valence-electron chi connectivity index (χ2n) is 4.30. The summed E-state index contributed by atoms with van der Waals surface area (Å²) in [7, 11) is 0. The number of halogens is 1. The number of rotatable bonds is 2. The zero-order chi connectivity index (χ0) is 11.1. The van der Waals surface area contributed by atoms with Crippen molar-refractivity contribution in [3.05, 3.63) is 29.0 Å². The maximum Gasteiger partial charge on any atom is 0.141 e. The molecule has 0 aliphatic rings. The third kappa shape index (κ3) is 2.38. The van der Waals surface area contributed by atoms with Crippen LogP contribution < -0.4 is 0 Å². The Hall–Kier alpha value is -0.870. The summed E-state index contributed by atoms with van der Waals surface area (Å²) in [6.07, 6.45) is 1.95. The number of fused-ring (bicyclic) bond motifs is 1. The first kappa shape index (κ1) is 10.6. The van der Waals surface area contributed by atoms with Gasteiger partial charge >= 0.3 is 0 Å². The Bertz CT molecular complexity index is 485. The summed E-state index contributed by atoms with van der Waals surface area (Å²) in [6, 6.07) is 5.92. The molecule has 0 fully saturated rings. The van der Waals surface area contributed by atoms with Crippen molar-refractivity contribution in [2.45, 2.75) is 26.0 Å². The van der Waals surface area contributed by atoms with Crippen LogP contribution in [0.3, 0.4) is 0 Å². The molecule has 15 heavy (non-hydrogen) atoms. The molecule has 0 unspecified atom stereocenters. The highest BCUT2D eigenvalue weighted by molar-refractivity contribution is 9.10. The number of pyridine rings is 1. The fraction of sp³-hybridized carbons (Fsp3) is 0.364. The van der Waals surface area contributed by atoms with Crippen molar-refractivity contribution < 1.29 is 5.11 Å². The van der Waals surface area contributed by atoms with Crippen LogP contribution in [0.15, 0.2) is 29.0 Å². The molecular weight excluding hydrogens is 256 g/mol. The average molecular weight is 269 g/mol. The number of nitrogens with zero attached hydrogens (tertiary/aromatic N) is 2. The first-order valence-electron chi connectivity index (χ1n) is 4.79. The third-order valence-electron chi connectivity index (χ3n) is 2.13. The van der Waals surface area contributed by atoms with Gasteiger partial charge in [-0.3, -0.25) is 0 Å². The summed E-state index contributed by atoms with van der Waals surface area (Å²) >= 11 is 3.34. The fourth-order valence-electron chi connectivity index (χ4n) is 1.58. The summed E-state index contributed by atoms with van der Waals surface area (Å²) < 4.78 is 2.77. The van der Waals surface area contributed by atoms with Crippen LogP contribution in [-0.4, -0.2) is 20.3 Å². The normalized spacial score (nSPS) is 12.3. The molecule has 0 saturated heterocycles. The first-order chi connectivity index (χ1) is 6.96. The summed E-state index contributed by atoms with van der Waals surface area (Å²) in [5.74, 6) is 0. The largest absolute Gasteiger partial charge is 0.389 e. The lowest BCUT2D eigenvalue weighted by atomic mass is 10.1. The van der Waals surface area contributed by atoms with E-state index >= 15 is 0 Å². The lowest BCUT2D eigenvalue weighted by Gasteiger charge is -2.18. The second-order valence-corrected chi connectivity index (χ2v) is 5.12. The van der Waals surface area contributed by atoms with Gasteiger partial charge in [0.25, 0.3) is 0 Å². The standard InChI is InChI=1S/C11H13BrN2O/c1-11(2,15)7-14-6-5-8-3-4-9(12)13-10(8)14/h3-6,15H,7H2,1-2H3.